The first-order chi connectivity index (χ1) is 14.4. The molecule has 158 valence electrons. The van der Waals surface area contributed by atoms with Gasteiger partial charge in [0.2, 0.25) is 0 Å². The van der Waals surface area contributed by atoms with Gasteiger partial charge in [0.15, 0.2) is 5.03 Å². The van der Waals surface area contributed by atoms with E-state index in [1.807, 2.05) is 36.4 Å². The van der Waals surface area contributed by atoms with E-state index < -0.39 is 0 Å². The molecule has 5 heteroatoms. The van der Waals surface area contributed by atoms with Crippen molar-refractivity contribution < 1.29 is 4.74 Å². The SMILES string of the molecule is CCc1cc(-n2ccnc(SCCc3ccccc3)c2=O)ccc1OCC(C)(C)C. The number of nitrogens with zero attached hydrogens (tertiary/aromatic N) is 2. The van der Waals surface area contributed by atoms with Crippen LogP contribution in [0.4, 0.5) is 0 Å². The molecule has 0 spiro atoms. The zero-order valence-corrected chi connectivity index (χ0v) is 19.0. The molecule has 0 radical (unpaired) electrons. The summed E-state index contributed by atoms with van der Waals surface area (Å²) in [5, 5.41) is 0.527. The lowest BCUT2D eigenvalue weighted by atomic mass is 9.98. The Labute approximate surface area is 183 Å². The normalized spacial score (nSPS) is 11.5. The van der Waals surface area contributed by atoms with E-state index in [1.54, 1.807) is 17.0 Å². The number of aryl methyl sites for hydroxylation is 2. The summed E-state index contributed by atoms with van der Waals surface area (Å²) in [5.74, 6) is 1.70. The van der Waals surface area contributed by atoms with Crippen LogP contribution in [-0.2, 0) is 12.8 Å². The fourth-order valence-electron chi connectivity index (χ4n) is 3.03. The molecule has 0 aliphatic rings. The summed E-state index contributed by atoms with van der Waals surface area (Å²) < 4.78 is 7.70. The highest BCUT2D eigenvalue weighted by Gasteiger charge is 2.14. The van der Waals surface area contributed by atoms with Gasteiger partial charge in [-0.2, -0.15) is 0 Å². The van der Waals surface area contributed by atoms with E-state index >= 15 is 0 Å². The zero-order chi connectivity index (χ0) is 21.6. The van der Waals surface area contributed by atoms with E-state index in [-0.39, 0.29) is 11.0 Å². The summed E-state index contributed by atoms with van der Waals surface area (Å²) in [5.41, 5.74) is 3.21. The van der Waals surface area contributed by atoms with Crippen LogP contribution in [0.1, 0.15) is 38.8 Å². The van der Waals surface area contributed by atoms with Crippen molar-refractivity contribution in [3.8, 4) is 11.4 Å². The van der Waals surface area contributed by atoms with Crippen LogP contribution in [0.15, 0.2) is 70.7 Å². The molecule has 0 aliphatic heterocycles. The van der Waals surface area contributed by atoms with E-state index in [2.05, 4.69) is 44.8 Å². The minimum absolute atomic E-state index is 0.0824. The third kappa shape index (κ3) is 5.99. The predicted molar refractivity (Wildman–Crippen MR) is 125 cm³/mol. The van der Waals surface area contributed by atoms with Gasteiger partial charge in [0.05, 0.1) is 6.61 Å². The highest BCUT2D eigenvalue weighted by molar-refractivity contribution is 7.99. The number of thioether (sulfide) groups is 1. The first kappa shape index (κ1) is 22.2. The minimum atomic E-state index is -0.0824. The van der Waals surface area contributed by atoms with Crippen LogP contribution in [0.25, 0.3) is 5.69 Å². The number of ether oxygens (including phenoxy) is 1. The maximum atomic E-state index is 13.0. The van der Waals surface area contributed by atoms with Gasteiger partial charge >= 0.3 is 0 Å². The van der Waals surface area contributed by atoms with Crippen molar-refractivity contribution in [1.29, 1.82) is 0 Å². The fraction of sp³-hybridized carbons (Fsp3) is 0.360. The van der Waals surface area contributed by atoms with Crippen LogP contribution in [0.5, 0.6) is 5.75 Å². The molecule has 0 saturated carbocycles. The molecule has 0 bridgehead atoms. The van der Waals surface area contributed by atoms with E-state index in [9.17, 15) is 4.79 Å². The maximum absolute atomic E-state index is 13.0. The topological polar surface area (TPSA) is 44.1 Å². The van der Waals surface area contributed by atoms with Crippen molar-refractivity contribution in [3.63, 3.8) is 0 Å². The molecule has 0 N–H and O–H groups in total. The molecule has 0 unspecified atom stereocenters. The number of hydrogen-bond donors (Lipinski definition) is 0. The maximum Gasteiger partial charge on any atom is 0.287 e. The molecule has 4 nitrogen and oxygen atoms in total. The molecule has 3 rings (SSSR count). The van der Waals surface area contributed by atoms with Gasteiger partial charge in [-0.05, 0) is 47.6 Å². The van der Waals surface area contributed by atoms with Gasteiger partial charge in [-0.1, -0.05) is 58.0 Å². The van der Waals surface area contributed by atoms with Crippen molar-refractivity contribution in [3.05, 3.63) is 82.4 Å². The van der Waals surface area contributed by atoms with Crippen LogP contribution >= 0.6 is 11.8 Å². The van der Waals surface area contributed by atoms with Crippen LogP contribution < -0.4 is 10.3 Å². The van der Waals surface area contributed by atoms with Crippen LogP contribution in [0.3, 0.4) is 0 Å². The monoisotopic (exact) mass is 422 g/mol. The highest BCUT2D eigenvalue weighted by atomic mass is 32.2. The number of aromatic nitrogens is 2. The minimum Gasteiger partial charge on any atom is -0.493 e. The Balaban J connectivity index is 1.77. The molecule has 1 heterocycles. The average Bonchev–Trinajstić information content (AvgIpc) is 2.73. The zero-order valence-electron chi connectivity index (χ0n) is 18.2. The Morgan fingerprint density at radius 2 is 1.87 bits per heavy atom. The first-order valence-corrected chi connectivity index (χ1v) is 11.4. The second-order valence-electron chi connectivity index (χ2n) is 8.49. The van der Waals surface area contributed by atoms with Gasteiger partial charge in [-0.25, -0.2) is 4.98 Å². The molecule has 0 amide bonds. The van der Waals surface area contributed by atoms with Gasteiger partial charge in [-0.3, -0.25) is 9.36 Å². The summed E-state index contributed by atoms with van der Waals surface area (Å²) in [6.07, 6.45) is 5.17. The van der Waals surface area contributed by atoms with Crippen LogP contribution in [0.2, 0.25) is 0 Å². The van der Waals surface area contributed by atoms with Crippen molar-refractivity contribution in [2.45, 2.75) is 45.6 Å². The summed E-state index contributed by atoms with van der Waals surface area (Å²) >= 11 is 1.51. The first-order valence-electron chi connectivity index (χ1n) is 10.4. The predicted octanol–water partition coefficient (Wildman–Crippen LogP) is 5.55. The Kier molecular flexibility index (Phi) is 7.38. The lowest BCUT2D eigenvalue weighted by Gasteiger charge is -2.20. The Bertz CT molecular complexity index is 1020. The Hall–Kier alpha value is -2.53. The Morgan fingerprint density at radius 1 is 1.10 bits per heavy atom. The van der Waals surface area contributed by atoms with Crippen molar-refractivity contribution in [2.75, 3.05) is 12.4 Å². The van der Waals surface area contributed by atoms with Gasteiger partial charge in [0.25, 0.3) is 5.56 Å². The molecule has 30 heavy (non-hydrogen) atoms. The quantitative estimate of drug-likeness (QED) is 0.446. The van der Waals surface area contributed by atoms with Crippen molar-refractivity contribution in [2.24, 2.45) is 5.41 Å². The number of benzene rings is 2. The highest BCUT2D eigenvalue weighted by Crippen LogP contribution is 2.25. The number of rotatable bonds is 8. The van der Waals surface area contributed by atoms with E-state index in [0.29, 0.717) is 11.6 Å². The summed E-state index contributed by atoms with van der Waals surface area (Å²) in [6.45, 7) is 9.21. The smallest absolute Gasteiger partial charge is 0.287 e. The van der Waals surface area contributed by atoms with Crippen LogP contribution in [0, 0.1) is 5.41 Å². The van der Waals surface area contributed by atoms with Gasteiger partial charge in [0, 0.05) is 23.8 Å². The third-order valence-corrected chi connectivity index (χ3v) is 5.61. The molecule has 3 aromatic rings. The summed E-state index contributed by atoms with van der Waals surface area (Å²) in [6, 6.07) is 16.2. The molecule has 1 aromatic heterocycles. The lowest BCUT2D eigenvalue weighted by Crippen LogP contribution is -2.21. The third-order valence-electron chi connectivity index (χ3n) is 4.65. The lowest BCUT2D eigenvalue weighted by molar-refractivity contribution is 0.196. The molecule has 0 atom stereocenters. The molecular formula is C25H30N2O2S. The van der Waals surface area contributed by atoms with E-state index in [4.69, 9.17) is 4.74 Å². The number of hydrogen-bond acceptors (Lipinski definition) is 4. The van der Waals surface area contributed by atoms with Gasteiger partial charge in [0.1, 0.15) is 5.75 Å². The van der Waals surface area contributed by atoms with Crippen LogP contribution in [-0.4, -0.2) is 21.9 Å². The second kappa shape index (κ2) is 9.98. The van der Waals surface area contributed by atoms with Gasteiger partial charge in [-0.15, -0.1) is 11.8 Å². The molecular weight excluding hydrogens is 392 g/mol. The molecule has 0 saturated heterocycles. The van der Waals surface area contributed by atoms with Crippen molar-refractivity contribution in [1.82, 2.24) is 9.55 Å². The summed E-state index contributed by atoms with van der Waals surface area (Å²) in [4.78, 5) is 17.3. The molecule has 2 aromatic carbocycles. The van der Waals surface area contributed by atoms with E-state index in [0.717, 1.165) is 35.6 Å². The van der Waals surface area contributed by atoms with E-state index in [1.165, 1.54) is 17.3 Å². The standard InChI is InChI=1S/C25H30N2O2S/c1-5-20-17-21(11-12-22(20)29-18-25(2,3)4)27-15-14-26-23(24(27)28)30-16-13-19-9-7-6-8-10-19/h6-12,14-15,17H,5,13,16,18H2,1-4H3. The summed E-state index contributed by atoms with van der Waals surface area (Å²) in [7, 11) is 0. The second-order valence-corrected chi connectivity index (χ2v) is 9.57. The molecule has 0 aliphatic carbocycles. The van der Waals surface area contributed by atoms with Crippen molar-refractivity contribution >= 4 is 11.8 Å². The van der Waals surface area contributed by atoms with Gasteiger partial charge < -0.3 is 4.74 Å². The Morgan fingerprint density at radius 3 is 2.57 bits per heavy atom. The largest absolute Gasteiger partial charge is 0.493 e. The molecule has 0 fully saturated rings. The fourth-order valence-corrected chi connectivity index (χ4v) is 3.92. The average molecular weight is 423 g/mol.